The summed E-state index contributed by atoms with van der Waals surface area (Å²) in [5.41, 5.74) is 3.59. The van der Waals surface area contributed by atoms with E-state index in [0.717, 1.165) is 24.0 Å². The Morgan fingerprint density at radius 3 is 2.62 bits per heavy atom. The number of carbonyl (C=O) groups excluding carboxylic acids is 1. The van der Waals surface area contributed by atoms with Crippen LogP contribution in [0.25, 0.3) is 0 Å². The number of carbonyl (C=O) groups is 1. The molecule has 0 radical (unpaired) electrons. The van der Waals surface area contributed by atoms with Crippen LogP contribution in [-0.2, 0) is 13.6 Å². The molecule has 0 bridgehead atoms. The van der Waals surface area contributed by atoms with E-state index in [1.807, 2.05) is 61.3 Å². The molecule has 32 heavy (non-hydrogen) atoms. The Morgan fingerprint density at radius 1 is 1.22 bits per heavy atom. The van der Waals surface area contributed by atoms with Crippen LogP contribution in [0.3, 0.4) is 0 Å². The first-order valence-corrected chi connectivity index (χ1v) is 11.2. The molecule has 1 N–H and O–H groups in total. The maximum absolute atomic E-state index is 13.8. The quantitative estimate of drug-likeness (QED) is 0.483. The van der Waals surface area contributed by atoms with Crippen molar-refractivity contribution in [2.45, 2.75) is 45.6 Å². The van der Waals surface area contributed by atoms with Crippen molar-refractivity contribution in [2.24, 2.45) is 13.0 Å². The molecule has 1 aliphatic carbocycles. The average molecular weight is 436 g/mol. The summed E-state index contributed by atoms with van der Waals surface area (Å²) in [6.45, 7) is 4.69. The third kappa shape index (κ3) is 4.85. The Morgan fingerprint density at radius 2 is 2.00 bits per heavy atom. The molecule has 2 aromatic carbocycles. The fourth-order valence-corrected chi connectivity index (χ4v) is 4.28. The summed E-state index contributed by atoms with van der Waals surface area (Å²) < 4.78 is 23.1. The molecule has 1 saturated carbocycles. The lowest BCUT2D eigenvalue weighted by atomic mass is 9.86. The number of aryl methyl sites for hydroxylation is 2. The molecule has 5 nitrogen and oxygen atoms in total. The highest BCUT2D eigenvalue weighted by atomic mass is 19.1. The second-order valence-electron chi connectivity index (χ2n) is 8.74. The fourth-order valence-electron chi connectivity index (χ4n) is 4.28. The van der Waals surface area contributed by atoms with E-state index in [0.29, 0.717) is 48.0 Å². The number of halogens is 1. The molecule has 168 valence electrons. The van der Waals surface area contributed by atoms with E-state index in [1.54, 1.807) is 11.5 Å². The summed E-state index contributed by atoms with van der Waals surface area (Å²) in [5.74, 6) is 1.09. The minimum absolute atomic E-state index is 0.0656. The molecule has 1 atom stereocenters. The van der Waals surface area contributed by atoms with Crippen LogP contribution >= 0.6 is 0 Å². The zero-order valence-corrected chi connectivity index (χ0v) is 18.9. The van der Waals surface area contributed by atoms with Gasteiger partial charge in [0.2, 0.25) is 5.62 Å². The van der Waals surface area contributed by atoms with Crippen molar-refractivity contribution in [1.29, 1.82) is 5.41 Å². The van der Waals surface area contributed by atoms with Gasteiger partial charge in [0.25, 0.3) is 0 Å². The van der Waals surface area contributed by atoms with Crippen molar-refractivity contribution in [3.63, 3.8) is 0 Å². The van der Waals surface area contributed by atoms with Gasteiger partial charge in [-0.1, -0.05) is 12.1 Å². The van der Waals surface area contributed by atoms with Crippen LogP contribution in [0.4, 0.5) is 4.39 Å². The molecule has 1 aromatic heterocycles. The number of ether oxygens (including phenoxy) is 1. The third-order valence-electron chi connectivity index (χ3n) is 6.24. The van der Waals surface area contributed by atoms with E-state index in [-0.39, 0.29) is 17.5 Å². The summed E-state index contributed by atoms with van der Waals surface area (Å²) in [5, 5.41) is 8.17. The predicted molar refractivity (Wildman–Crippen MR) is 122 cm³/mol. The Hall–Kier alpha value is -3.15. The highest BCUT2D eigenvalue weighted by Gasteiger charge is 2.34. The molecule has 1 aliphatic rings. The first-order chi connectivity index (χ1) is 15.4. The van der Waals surface area contributed by atoms with E-state index in [9.17, 15) is 9.18 Å². The minimum Gasteiger partial charge on any atom is -0.494 e. The van der Waals surface area contributed by atoms with Gasteiger partial charge in [0.05, 0.1) is 13.2 Å². The molecule has 1 heterocycles. The second-order valence-corrected chi connectivity index (χ2v) is 8.74. The minimum atomic E-state index is -0.212. The number of Topliss-reactive ketones (excluding diaryl/α,β-unsaturated/α-hetero) is 1. The molecular formula is C26H30FN3O2. The number of aromatic nitrogens is 2. The monoisotopic (exact) mass is 435 g/mol. The zero-order chi connectivity index (χ0) is 22.8. The maximum Gasteiger partial charge on any atom is 0.202 e. The summed E-state index contributed by atoms with van der Waals surface area (Å²) >= 11 is 0. The normalized spacial score (nSPS) is 14.4. The summed E-state index contributed by atoms with van der Waals surface area (Å²) in [7, 11) is 1.83. The van der Waals surface area contributed by atoms with Gasteiger partial charge in [0.15, 0.2) is 5.78 Å². The van der Waals surface area contributed by atoms with Crippen molar-refractivity contribution in [1.82, 2.24) is 9.13 Å². The predicted octanol–water partition coefficient (Wildman–Crippen LogP) is 4.97. The first-order valence-electron chi connectivity index (χ1n) is 11.2. The number of hydrogen-bond acceptors (Lipinski definition) is 3. The van der Waals surface area contributed by atoms with E-state index in [2.05, 4.69) is 0 Å². The molecule has 4 rings (SSSR count). The molecule has 0 aliphatic heterocycles. The number of nitrogens with zero attached hydrogens (tertiary/aromatic N) is 2. The summed E-state index contributed by atoms with van der Waals surface area (Å²) in [4.78, 5) is 13.4. The number of rotatable bonds is 9. The fraction of sp³-hybridized carbons (Fsp3) is 0.385. The SMILES string of the molecule is CCOc1cc(Cn2ccn(C)c2=N)cc(C(=O)C[C@H](c2ccc(F)c(C)c2)C2CC2)c1. The molecular weight excluding hydrogens is 405 g/mol. The number of imidazole rings is 1. The van der Waals surface area contributed by atoms with Crippen LogP contribution in [0.5, 0.6) is 5.75 Å². The Bertz CT molecular complexity index is 1190. The van der Waals surface area contributed by atoms with Gasteiger partial charge in [0, 0.05) is 31.4 Å². The van der Waals surface area contributed by atoms with Crippen molar-refractivity contribution in [2.75, 3.05) is 6.61 Å². The van der Waals surface area contributed by atoms with Crippen LogP contribution in [0.1, 0.15) is 59.2 Å². The molecule has 6 heteroatoms. The number of nitrogens with one attached hydrogen (secondary N) is 1. The van der Waals surface area contributed by atoms with Crippen molar-refractivity contribution in [3.8, 4) is 5.75 Å². The molecule has 0 spiro atoms. The van der Waals surface area contributed by atoms with Crippen LogP contribution in [0, 0.1) is 24.1 Å². The molecule has 1 fully saturated rings. The maximum atomic E-state index is 13.8. The third-order valence-corrected chi connectivity index (χ3v) is 6.24. The van der Waals surface area contributed by atoms with Crippen molar-refractivity contribution >= 4 is 5.78 Å². The molecule has 0 unspecified atom stereocenters. The van der Waals surface area contributed by atoms with Crippen LogP contribution in [0.2, 0.25) is 0 Å². The summed E-state index contributed by atoms with van der Waals surface area (Å²) in [6, 6.07) is 10.9. The second kappa shape index (κ2) is 9.15. The lowest BCUT2D eigenvalue weighted by molar-refractivity contribution is 0.0969. The Kier molecular flexibility index (Phi) is 6.31. The lowest BCUT2D eigenvalue weighted by Gasteiger charge is -2.18. The first kappa shape index (κ1) is 22.1. The van der Waals surface area contributed by atoms with Gasteiger partial charge in [-0.05, 0) is 79.5 Å². The summed E-state index contributed by atoms with van der Waals surface area (Å²) in [6.07, 6.45) is 6.31. The zero-order valence-electron chi connectivity index (χ0n) is 18.9. The standard InChI is InChI=1S/C26H30FN3O2/c1-4-32-22-13-18(16-30-10-9-29(3)26(30)28)12-21(14-22)25(31)15-23(19-5-6-19)20-7-8-24(27)17(2)11-20/h7-14,19,23,28H,4-6,15-16H2,1-3H3/t23-/m0/s1. The Balaban J connectivity index is 1.61. The molecule has 0 saturated heterocycles. The average Bonchev–Trinajstić information content (AvgIpc) is 3.56. The van der Waals surface area contributed by atoms with Crippen molar-refractivity contribution < 1.29 is 13.9 Å². The van der Waals surface area contributed by atoms with Gasteiger partial charge in [-0.25, -0.2) is 4.39 Å². The van der Waals surface area contributed by atoms with E-state index in [1.165, 1.54) is 6.07 Å². The van der Waals surface area contributed by atoms with E-state index < -0.39 is 0 Å². The van der Waals surface area contributed by atoms with Crippen LogP contribution in [-0.4, -0.2) is 21.5 Å². The Labute approximate surface area is 188 Å². The highest BCUT2D eigenvalue weighted by Crippen LogP contribution is 2.45. The van der Waals surface area contributed by atoms with Gasteiger partial charge in [-0.2, -0.15) is 0 Å². The number of hydrogen-bond donors (Lipinski definition) is 1. The number of ketones is 1. The van der Waals surface area contributed by atoms with Crippen molar-refractivity contribution in [3.05, 3.63) is 82.5 Å². The van der Waals surface area contributed by atoms with E-state index in [4.69, 9.17) is 10.1 Å². The van der Waals surface area contributed by atoms with Crippen LogP contribution < -0.4 is 10.4 Å². The van der Waals surface area contributed by atoms with E-state index >= 15 is 0 Å². The van der Waals surface area contributed by atoms with Gasteiger partial charge < -0.3 is 13.9 Å². The smallest absolute Gasteiger partial charge is 0.202 e. The molecule has 0 amide bonds. The van der Waals surface area contributed by atoms with Gasteiger partial charge in [-0.15, -0.1) is 0 Å². The van der Waals surface area contributed by atoms with Crippen LogP contribution in [0.15, 0.2) is 48.8 Å². The largest absolute Gasteiger partial charge is 0.494 e. The topological polar surface area (TPSA) is 60.0 Å². The number of benzene rings is 2. The van der Waals surface area contributed by atoms with Gasteiger partial charge in [-0.3, -0.25) is 10.2 Å². The van der Waals surface area contributed by atoms with Gasteiger partial charge >= 0.3 is 0 Å². The van der Waals surface area contributed by atoms with Gasteiger partial charge in [0.1, 0.15) is 11.6 Å². The lowest BCUT2D eigenvalue weighted by Crippen LogP contribution is -2.22. The highest BCUT2D eigenvalue weighted by molar-refractivity contribution is 5.97. The molecule has 3 aromatic rings.